The molecule has 0 aliphatic carbocycles. The number of benzene rings is 1. The summed E-state index contributed by atoms with van der Waals surface area (Å²) in [4.78, 5) is 16.0. The quantitative estimate of drug-likeness (QED) is 0.595. The SMILES string of the molecule is CCCCn1c(O)c(N=NC(=O)c2ccccn2)c2cc(Br)ccc21. The Kier molecular flexibility index (Phi) is 5.23. The molecule has 0 unspecified atom stereocenters. The van der Waals surface area contributed by atoms with Crippen molar-refractivity contribution >= 4 is 38.4 Å². The smallest absolute Gasteiger partial charge is 0.313 e. The highest BCUT2D eigenvalue weighted by molar-refractivity contribution is 9.10. The third-order valence-electron chi connectivity index (χ3n) is 3.83. The Morgan fingerprint density at radius 2 is 2.16 bits per heavy atom. The van der Waals surface area contributed by atoms with E-state index in [4.69, 9.17) is 0 Å². The zero-order valence-corrected chi connectivity index (χ0v) is 15.3. The Morgan fingerprint density at radius 3 is 2.88 bits per heavy atom. The monoisotopic (exact) mass is 400 g/mol. The molecule has 128 valence electrons. The predicted octanol–water partition coefficient (Wildman–Crippen LogP) is 5.23. The summed E-state index contributed by atoms with van der Waals surface area (Å²) in [6.45, 7) is 2.76. The minimum absolute atomic E-state index is 0.0131. The molecular weight excluding hydrogens is 384 g/mol. The second-order valence-corrected chi connectivity index (χ2v) is 6.47. The Bertz CT molecular complexity index is 935. The molecule has 0 saturated heterocycles. The number of amides is 1. The number of rotatable bonds is 5. The number of aryl methyl sites for hydroxylation is 1. The summed E-state index contributed by atoms with van der Waals surface area (Å²) < 4.78 is 2.66. The van der Waals surface area contributed by atoms with Gasteiger partial charge < -0.3 is 9.67 Å². The molecule has 0 fully saturated rings. The van der Waals surface area contributed by atoms with Crippen molar-refractivity contribution in [3.63, 3.8) is 0 Å². The van der Waals surface area contributed by atoms with E-state index in [1.807, 2.05) is 18.2 Å². The van der Waals surface area contributed by atoms with Crippen LogP contribution in [0.5, 0.6) is 5.88 Å². The van der Waals surface area contributed by atoms with Crippen LogP contribution in [0.3, 0.4) is 0 Å². The number of aromatic nitrogens is 2. The predicted molar refractivity (Wildman–Crippen MR) is 99.3 cm³/mol. The highest BCUT2D eigenvalue weighted by Crippen LogP contribution is 2.40. The lowest BCUT2D eigenvalue weighted by Gasteiger charge is -2.05. The van der Waals surface area contributed by atoms with Crippen LogP contribution in [0.2, 0.25) is 0 Å². The van der Waals surface area contributed by atoms with Gasteiger partial charge in [-0.25, -0.2) is 0 Å². The van der Waals surface area contributed by atoms with Crippen LogP contribution in [0.4, 0.5) is 5.69 Å². The number of halogens is 1. The molecule has 2 aromatic heterocycles. The lowest BCUT2D eigenvalue weighted by Crippen LogP contribution is -1.96. The fourth-order valence-electron chi connectivity index (χ4n) is 2.57. The summed E-state index contributed by atoms with van der Waals surface area (Å²) in [6, 6.07) is 10.7. The summed E-state index contributed by atoms with van der Waals surface area (Å²) in [7, 11) is 0. The normalized spacial score (nSPS) is 11.4. The molecule has 1 N–H and O–H groups in total. The molecule has 0 aliphatic heterocycles. The molecular formula is C18H17BrN4O2. The lowest BCUT2D eigenvalue weighted by atomic mass is 10.2. The zero-order valence-electron chi connectivity index (χ0n) is 13.7. The fraction of sp³-hybridized carbons (Fsp3) is 0.222. The summed E-state index contributed by atoms with van der Waals surface area (Å²) in [5, 5.41) is 19.1. The summed E-state index contributed by atoms with van der Waals surface area (Å²) in [6.07, 6.45) is 3.45. The van der Waals surface area contributed by atoms with E-state index in [0.717, 1.165) is 28.2 Å². The molecule has 0 aliphatic rings. The number of unbranched alkanes of at least 4 members (excludes halogenated alkanes) is 1. The van der Waals surface area contributed by atoms with Crippen molar-refractivity contribution in [2.24, 2.45) is 10.2 Å². The molecule has 3 aromatic rings. The molecule has 2 heterocycles. The van der Waals surface area contributed by atoms with E-state index in [2.05, 4.69) is 38.1 Å². The first-order valence-electron chi connectivity index (χ1n) is 7.99. The average Bonchev–Trinajstić information content (AvgIpc) is 2.89. The molecule has 0 spiro atoms. The van der Waals surface area contributed by atoms with Gasteiger partial charge >= 0.3 is 5.91 Å². The van der Waals surface area contributed by atoms with E-state index in [-0.39, 0.29) is 17.3 Å². The van der Waals surface area contributed by atoms with Gasteiger partial charge in [-0.05, 0) is 36.8 Å². The third-order valence-corrected chi connectivity index (χ3v) is 4.33. The molecule has 3 rings (SSSR count). The number of hydrogen-bond donors (Lipinski definition) is 1. The van der Waals surface area contributed by atoms with E-state index in [0.29, 0.717) is 6.54 Å². The summed E-state index contributed by atoms with van der Waals surface area (Å²) in [5.41, 5.74) is 1.35. The van der Waals surface area contributed by atoms with Gasteiger partial charge in [0.25, 0.3) is 0 Å². The molecule has 0 atom stereocenters. The lowest BCUT2D eigenvalue weighted by molar-refractivity contribution is 0.0990. The second-order valence-electron chi connectivity index (χ2n) is 5.56. The minimum Gasteiger partial charge on any atom is -0.493 e. The van der Waals surface area contributed by atoms with E-state index in [1.54, 1.807) is 22.8 Å². The van der Waals surface area contributed by atoms with E-state index in [9.17, 15) is 9.90 Å². The van der Waals surface area contributed by atoms with Crippen LogP contribution in [-0.4, -0.2) is 20.6 Å². The first-order chi connectivity index (χ1) is 12.1. The van der Waals surface area contributed by atoms with Gasteiger partial charge in [0.05, 0.1) is 5.52 Å². The summed E-state index contributed by atoms with van der Waals surface area (Å²) in [5.74, 6) is -0.538. The van der Waals surface area contributed by atoms with Crippen LogP contribution < -0.4 is 0 Å². The van der Waals surface area contributed by atoms with Crippen LogP contribution in [0.1, 0.15) is 30.3 Å². The number of pyridine rings is 1. The highest BCUT2D eigenvalue weighted by Gasteiger charge is 2.17. The maximum atomic E-state index is 12.1. The standard InChI is InChI=1S/C18H17BrN4O2/c1-2-3-10-23-15-8-7-12(19)11-13(15)16(18(23)25)21-22-17(24)14-6-4-5-9-20-14/h4-9,11,25H,2-3,10H2,1H3. The van der Waals surface area contributed by atoms with E-state index >= 15 is 0 Å². The molecule has 6 nitrogen and oxygen atoms in total. The number of carbonyl (C=O) groups excluding carboxylic acids is 1. The van der Waals surface area contributed by atoms with Crippen LogP contribution >= 0.6 is 15.9 Å². The number of fused-ring (bicyclic) bond motifs is 1. The topological polar surface area (TPSA) is 79.8 Å². The van der Waals surface area contributed by atoms with Gasteiger partial charge in [0.2, 0.25) is 5.88 Å². The van der Waals surface area contributed by atoms with Crippen molar-refractivity contribution in [3.8, 4) is 5.88 Å². The van der Waals surface area contributed by atoms with E-state index in [1.165, 1.54) is 6.20 Å². The molecule has 0 saturated carbocycles. The van der Waals surface area contributed by atoms with Crippen molar-refractivity contribution in [1.29, 1.82) is 0 Å². The van der Waals surface area contributed by atoms with Crippen molar-refractivity contribution in [1.82, 2.24) is 9.55 Å². The van der Waals surface area contributed by atoms with Gasteiger partial charge in [0, 0.05) is 22.6 Å². The number of hydrogen-bond acceptors (Lipinski definition) is 4. The minimum atomic E-state index is -0.551. The molecule has 1 aromatic carbocycles. The van der Waals surface area contributed by atoms with Crippen LogP contribution in [0, 0.1) is 0 Å². The molecule has 0 radical (unpaired) electrons. The van der Waals surface area contributed by atoms with Crippen molar-refractivity contribution in [3.05, 3.63) is 52.8 Å². The molecule has 1 amide bonds. The molecule has 0 bridgehead atoms. The summed E-state index contributed by atoms with van der Waals surface area (Å²) >= 11 is 3.43. The fourth-order valence-corrected chi connectivity index (χ4v) is 2.93. The number of carbonyl (C=O) groups is 1. The van der Waals surface area contributed by atoms with Gasteiger partial charge in [-0.3, -0.25) is 9.78 Å². The number of nitrogens with zero attached hydrogens (tertiary/aromatic N) is 4. The van der Waals surface area contributed by atoms with E-state index < -0.39 is 5.91 Å². The third kappa shape index (κ3) is 3.61. The van der Waals surface area contributed by atoms with Crippen LogP contribution in [-0.2, 0) is 6.54 Å². The van der Waals surface area contributed by atoms with Gasteiger partial charge in [-0.2, -0.15) is 0 Å². The van der Waals surface area contributed by atoms with Crippen LogP contribution in [0.15, 0.2) is 57.3 Å². The first-order valence-corrected chi connectivity index (χ1v) is 8.79. The highest BCUT2D eigenvalue weighted by atomic mass is 79.9. The molecule has 7 heteroatoms. The van der Waals surface area contributed by atoms with Crippen molar-refractivity contribution in [2.45, 2.75) is 26.3 Å². The number of aromatic hydroxyl groups is 1. The maximum absolute atomic E-state index is 12.1. The van der Waals surface area contributed by atoms with Crippen LogP contribution in [0.25, 0.3) is 10.9 Å². The van der Waals surface area contributed by atoms with Crippen molar-refractivity contribution < 1.29 is 9.90 Å². The Hall–Kier alpha value is -2.54. The largest absolute Gasteiger partial charge is 0.493 e. The Labute approximate surface area is 153 Å². The number of azo groups is 1. The van der Waals surface area contributed by atoms with Gasteiger partial charge in [0.15, 0.2) is 5.69 Å². The van der Waals surface area contributed by atoms with Gasteiger partial charge in [-0.15, -0.1) is 10.2 Å². The average molecular weight is 401 g/mol. The Morgan fingerprint density at radius 1 is 1.32 bits per heavy atom. The molecule has 25 heavy (non-hydrogen) atoms. The first kappa shape index (κ1) is 17.3. The van der Waals surface area contributed by atoms with Gasteiger partial charge in [-0.1, -0.05) is 35.3 Å². The zero-order chi connectivity index (χ0) is 17.8. The second kappa shape index (κ2) is 7.57. The maximum Gasteiger partial charge on any atom is 0.313 e. The van der Waals surface area contributed by atoms with Gasteiger partial charge in [0.1, 0.15) is 5.69 Å². The van der Waals surface area contributed by atoms with Crippen molar-refractivity contribution in [2.75, 3.05) is 0 Å². The Balaban J connectivity index is 2.03.